The lowest BCUT2D eigenvalue weighted by atomic mass is 10.5. The highest BCUT2D eigenvalue weighted by atomic mass is 79.9. The fourth-order valence-corrected chi connectivity index (χ4v) is 3.97. The van der Waals surface area contributed by atoms with Crippen LogP contribution in [-0.4, -0.2) is 39.0 Å². The molecule has 8 heteroatoms. The predicted octanol–water partition coefficient (Wildman–Crippen LogP) is 0.522. The first kappa shape index (κ1) is 13.0. The number of ether oxygens (including phenoxy) is 1. The minimum Gasteiger partial charge on any atom is -0.452 e. The van der Waals surface area contributed by atoms with Crippen LogP contribution in [0.15, 0.2) is 20.0 Å². The van der Waals surface area contributed by atoms with Crippen LogP contribution in [0.25, 0.3) is 0 Å². The van der Waals surface area contributed by atoms with Gasteiger partial charge in [-0.15, -0.1) is 0 Å². The van der Waals surface area contributed by atoms with Crippen LogP contribution in [0.3, 0.4) is 0 Å². The van der Waals surface area contributed by atoms with Gasteiger partial charge in [-0.2, -0.15) is 4.31 Å². The summed E-state index contributed by atoms with van der Waals surface area (Å²) in [5.74, 6) is 0.434. The second-order valence-electron chi connectivity index (χ2n) is 3.57. The number of hydrogen-bond donors (Lipinski definition) is 1. The van der Waals surface area contributed by atoms with E-state index in [2.05, 4.69) is 15.9 Å². The van der Waals surface area contributed by atoms with Gasteiger partial charge in [0, 0.05) is 19.2 Å². The lowest BCUT2D eigenvalue weighted by Crippen LogP contribution is -2.40. The summed E-state index contributed by atoms with van der Waals surface area (Å²) in [7, 11) is -3.52. The van der Waals surface area contributed by atoms with Gasteiger partial charge >= 0.3 is 0 Å². The van der Waals surface area contributed by atoms with E-state index >= 15 is 0 Å². The summed E-state index contributed by atoms with van der Waals surface area (Å²) >= 11 is 3.10. The van der Waals surface area contributed by atoms with Gasteiger partial charge < -0.3 is 14.9 Å². The maximum atomic E-state index is 12.3. The van der Waals surface area contributed by atoms with Crippen molar-refractivity contribution in [3.63, 3.8) is 0 Å². The van der Waals surface area contributed by atoms with Crippen LogP contribution in [0.4, 0.5) is 0 Å². The number of halogens is 1. The highest BCUT2D eigenvalue weighted by Gasteiger charge is 2.30. The first-order valence-electron chi connectivity index (χ1n) is 5.12. The molecule has 1 aliphatic rings. The SMILES string of the molecule is NCc1cc(S(=O)(=O)N2CCOCC2)c(Br)o1. The second-order valence-corrected chi connectivity index (χ2v) is 6.20. The van der Waals surface area contributed by atoms with E-state index in [0.29, 0.717) is 32.1 Å². The molecule has 0 bridgehead atoms. The van der Waals surface area contributed by atoms with Gasteiger partial charge in [0.25, 0.3) is 0 Å². The Balaban J connectivity index is 2.33. The summed E-state index contributed by atoms with van der Waals surface area (Å²) in [5, 5.41) is 0. The molecule has 96 valence electrons. The third-order valence-electron chi connectivity index (χ3n) is 2.50. The van der Waals surface area contributed by atoms with Crippen molar-refractivity contribution < 1.29 is 17.6 Å². The number of nitrogens with zero attached hydrogens (tertiary/aromatic N) is 1. The van der Waals surface area contributed by atoms with Crippen molar-refractivity contribution in [2.24, 2.45) is 5.73 Å². The molecule has 1 aliphatic heterocycles. The van der Waals surface area contributed by atoms with Crippen molar-refractivity contribution in [3.05, 3.63) is 16.5 Å². The molecule has 1 aromatic rings. The number of rotatable bonds is 3. The Hall–Kier alpha value is -0.410. The normalized spacial score (nSPS) is 18.5. The Bertz CT molecular complexity index is 493. The quantitative estimate of drug-likeness (QED) is 0.876. The van der Waals surface area contributed by atoms with Crippen LogP contribution in [-0.2, 0) is 21.3 Å². The lowest BCUT2D eigenvalue weighted by molar-refractivity contribution is 0.0730. The minimum atomic E-state index is -3.52. The van der Waals surface area contributed by atoms with Gasteiger partial charge in [-0.1, -0.05) is 0 Å². The molecular formula is C9H13BrN2O4S. The maximum absolute atomic E-state index is 12.3. The number of sulfonamides is 1. The molecule has 0 aliphatic carbocycles. The van der Waals surface area contributed by atoms with Crippen molar-refractivity contribution in [3.8, 4) is 0 Å². The molecule has 0 saturated carbocycles. The summed E-state index contributed by atoms with van der Waals surface area (Å²) in [5.41, 5.74) is 5.41. The average molecular weight is 325 g/mol. The van der Waals surface area contributed by atoms with Crippen LogP contribution in [0.5, 0.6) is 0 Å². The van der Waals surface area contributed by atoms with Crippen molar-refractivity contribution >= 4 is 26.0 Å². The van der Waals surface area contributed by atoms with Gasteiger partial charge in [-0.25, -0.2) is 8.42 Å². The number of morpholine rings is 1. The van der Waals surface area contributed by atoms with E-state index in [9.17, 15) is 8.42 Å². The molecule has 0 aromatic carbocycles. The summed E-state index contributed by atoms with van der Waals surface area (Å²) in [6.45, 7) is 1.71. The van der Waals surface area contributed by atoms with Gasteiger partial charge in [0.1, 0.15) is 10.7 Å². The molecular weight excluding hydrogens is 312 g/mol. The molecule has 1 saturated heterocycles. The molecule has 1 fully saturated rings. The van der Waals surface area contributed by atoms with E-state index in [1.165, 1.54) is 10.4 Å². The zero-order valence-electron chi connectivity index (χ0n) is 9.06. The van der Waals surface area contributed by atoms with E-state index in [1.807, 2.05) is 0 Å². The van der Waals surface area contributed by atoms with Gasteiger partial charge in [-0.05, 0) is 15.9 Å². The van der Waals surface area contributed by atoms with Gasteiger partial charge in [0.2, 0.25) is 10.0 Å². The third-order valence-corrected chi connectivity index (χ3v) is 5.25. The lowest BCUT2D eigenvalue weighted by Gasteiger charge is -2.25. The smallest absolute Gasteiger partial charge is 0.247 e. The Morgan fingerprint density at radius 3 is 2.59 bits per heavy atom. The average Bonchev–Trinajstić information content (AvgIpc) is 2.72. The molecule has 0 atom stereocenters. The molecule has 0 unspecified atom stereocenters. The number of hydrogen-bond acceptors (Lipinski definition) is 5. The maximum Gasteiger partial charge on any atom is 0.247 e. The first-order chi connectivity index (χ1) is 8.05. The summed E-state index contributed by atoms with van der Waals surface area (Å²) in [6, 6.07) is 1.45. The largest absolute Gasteiger partial charge is 0.452 e. The zero-order chi connectivity index (χ0) is 12.5. The monoisotopic (exact) mass is 324 g/mol. The van der Waals surface area contributed by atoms with Crippen molar-refractivity contribution in [1.29, 1.82) is 0 Å². The molecule has 6 nitrogen and oxygen atoms in total. The third kappa shape index (κ3) is 2.55. The van der Waals surface area contributed by atoms with Crippen LogP contribution in [0, 0.1) is 0 Å². The van der Waals surface area contributed by atoms with Gasteiger partial charge in [0.05, 0.1) is 19.8 Å². The molecule has 17 heavy (non-hydrogen) atoms. The van der Waals surface area contributed by atoms with Gasteiger partial charge in [-0.3, -0.25) is 0 Å². The van der Waals surface area contributed by atoms with Crippen LogP contribution >= 0.6 is 15.9 Å². The van der Waals surface area contributed by atoms with Crippen LogP contribution in [0.2, 0.25) is 0 Å². The van der Waals surface area contributed by atoms with E-state index in [0.717, 1.165) is 0 Å². The van der Waals surface area contributed by atoms with Crippen molar-refractivity contribution in [2.45, 2.75) is 11.4 Å². The van der Waals surface area contributed by atoms with Crippen molar-refractivity contribution in [2.75, 3.05) is 26.3 Å². The summed E-state index contributed by atoms with van der Waals surface area (Å²) < 4.78 is 36.5. The second kappa shape index (κ2) is 5.07. The summed E-state index contributed by atoms with van der Waals surface area (Å²) in [6.07, 6.45) is 0. The standard InChI is InChI=1S/C9H13BrN2O4S/c10-9-8(5-7(6-11)16-9)17(13,14)12-1-3-15-4-2-12/h5H,1-4,6,11H2. The van der Waals surface area contributed by atoms with Crippen molar-refractivity contribution in [1.82, 2.24) is 4.31 Å². The van der Waals surface area contributed by atoms with Crippen LogP contribution < -0.4 is 5.73 Å². The van der Waals surface area contributed by atoms with Gasteiger partial charge in [0.15, 0.2) is 4.67 Å². The summed E-state index contributed by atoms with van der Waals surface area (Å²) in [4.78, 5) is 0.125. The molecule has 1 aromatic heterocycles. The number of nitrogens with two attached hydrogens (primary N) is 1. The fourth-order valence-electron chi connectivity index (χ4n) is 1.60. The Morgan fingerprint density at radius 2 is 2.06 bits per heavy atom. The molecule has 2 rings (SSSR count). The predicted molar refractivity (Wildman–Crippen MR) is 63.9 cm³/mol. The molecule has 2 heterocycles. The topological polar surface area (TPSA) is 85.8 Å². The Morgan fingerprint density at radius 1 is 1.41 bits per heavy atom. The van der Waals surface area contributed by atoms with Crippen LogP contribution in [0.1, 0.15) is 5.76 Å². The highest BCUT2D eigenvalue weighted by molar-refractivity contribution is 9.10. The van der Waals surface area contributed by atoms with E-state index in [-0.39, 0.29) is 16.1 Å². The number of furan rings is 1. The molecule has 0 radical (unpaired) electrons. The minimum absolute atomic E-state index is 0.125. The molecule has 0 amide bonds. The Kier molecular flexibility index (Phi) is 3.88. The Labute approximate surface area is 108 Å². The zero-order valence-corrected chi connectivity index (χ0v) is 11.5. The van der Waals surface area contributed by atoms with E-state index < -0.39 is 10.0 Å². The molecule has 2 N–H and O–H groups in total. The van der Waals surface area contributed by atoms with E-state index in [1.54, 1.807) is 0 Å². The highest BCUT2D eigenvalue weighted by Crippen LogP contribution is 2.28. The fraction of sp³-hybridized carbons (Fsp3) is 0.556. The molecule has 0 spiro atoms. The van der Waals surface area contributed by atoms with E-state index in [4.69, 9.17) is 14.9 Å². The first-order valence-corrected chi connectivity index (χ1v) is 7.35.